The molecular formula is C21H26N9O9P2S+. The number of H-pyrrole nitrogens is 1. The van der Waals surface area contributed by atoms with Crippen LogP contribution in [0.25, 0.3) is 22.2 Å². The number of aromatic amines is 1. The molecule has 2 fully saturated rings. The fourth-order valence-corrected chi connectivity index (χ4v) is 6.81. The van der Waals surface area contributed by atoms with Gasteiger partial charge < -0.3 is 39.4 Å². The molecule has 0 radical (unpaired) electrons. The molecule has 7 N–H and O–H groups in total. The van der Waals surface area contributed by atoms with Gasteiger partial charge in [0.15, 0.2) is 17.4 Å². The van der Waals surface area contributed by atoms with Gasteiger partial charge in [0.2, 0.25) is 5.95 Å². The van der Waals surface area contributed by atoms with E-state index in [9.17, 15) is 14.3 Å². The van der Waals surface area contributed by atoms with E-state index in [1.807, 2.05) is 16.8 Å². The Morgan fingerprint density at radius 3 is 2.81 bits per heavy atom. The summed E-state index contributed by atoms with van der Waals surface area (Å²) in [4.78, 5) is 51.2. The lowest BCUT2D eigenvalue weighted by molar-refractivity contribution is -0.0470. The molecule has 0 bridgehead atoms. The van der Waals surface area contributed by atoms with Gasteiger partial charge in [0, 0.05) is 17.2 Å². The molecule has 3 unspecified atom stereocenters. The van der Waals surface area contributed by atoms with Crippen molar-refractivity contribution < 1.29 is 37.4 Å². The van der Waals surface area contributed by atoms with E-state index in [0.29, 0.717) is 24.3 Å². The van der Waals surface area contributed by atoms with Crippen LogP contribution in [-0.4, -0.2) is 75.4 Å². The summed E-state index contributed by atoms with van der Waals surface area (Å²) in [6.07, 6.45) is 2.52. The average Bonchev–Trinajstić information content (AvgIpc) is 3.72. The maximum Gasteiger partial charge on any atom is 0.694 e. The number of nitrogens with one attached hydrogen (secondary N) is 1. The molecule has 0 aliphatic carbocycles. The molecule has 6 heterocycles. The predicted molar refractivity (Wildman–Crippen MR) is 149 cm³/mol. The normalized spacial score (nSPS) is 26.2. The zero-order valence-electron chi connectivity index (χ0n) is 21.6. The van der Waals surface area contributed by atoms with Gasteiger partial charge in [0.1, 0.15) is 36.7 Å². The van der Waals surface area contributed by atoms with Gasteiger partial charge in [-0.1, -0.05) is 0 Å². The standard InChI is InChI=1S/C21H25N9O9P2S/c22-16-12-3-4-29(17(12)25-8-24-16)14-2-1-10(37-14)7-36-41(34,42)39-13-5-11(6-35-40(32)33)38-20(13)30-9-26-15-18(30)27-21(23)28-19(15)31/h3-4,8-11,13-14,20H,1-2,5-7H2,(H6-,22,23,24,25,27,28,31,32,33,34,42)/p+1/t10?,11-,13+,14+,20+,41?/m0/s1. The minimum Gasteiger partial charge on any atom is -0.383 e. The topological polar surface area (TPSA) is 250 Å². The number of nitrogens with zero attached hydrogens (tertiary/aromatic N) is 6. The third kappa shape index (κ3) is 5.93. The molecule has 7 atom stereocenters. The third-order valence-electron chi connectivity index (χ3n) is 6.87. The summed E-state index contributed by atoms with van der Waals surface area (Å²) in [7, 11) is -2.88. The summed E-state index contributed by atoms with van der Waals surface area (Å²) in [5.74, 6) is 0.230. The van der Waals surface area contributed by atoms with Gasteiger partial charge in [-0.2, -0.15) is 4.98 Å². The van der Waals surface area contributed by atoms with Crippen molar-refractivity contribution in [2.24, 2.45) is 0 Å². The average molecular weight is 643 g/mol. The zero-order chi connectivity index (χ0) is 29.6. The van der Waals surface area contributed by atoms with E-state index in [-0.39, 0.29) is 49.1 Å². The minimum atomic E-state index is -3.87. The Morgan fingerprint density at radius 2 is 2.00 bits per heavy atom. The molecule has 2 aliphatic heterocycles. The first-order valence-electron chi connectivity index (χ1n) is 12.6. The van der Waals surface area contributed by atoms with E-state index in [0.717, 1.165) is 5.39 Å². The number of hydrogen-bond acceptors (Lipinski definition) is 14. The first kappa shape index (κ1) is 29.1. The van der Waals surface area contributed by atoms with Crippen molar-refractivity contribution in [3.05, 3.63) is 35.3 Å². The van der Waals surface area contributed by atoms with Crippen LogP contribution in [0.3, 0.4) is 0 Å². The van der Waals surface area contributed by atoms with Crippen LogP contribution in [-0.2, 0) is 39.4 Å². The summed E-state index contributed by atoms with van der Waals surface area (Å²) in [5.41, 5.74) is 11.8. The van der Waals surface area contributed by atoms with Crippen molar-refractivity contribution in [2.45, 2.75) is 50.0 Å². The summed E-state index contributed by atoms with van der Waals surface area (Å²) in [6, 6.07) is 1.82. The Bertz CT molecular complexity index is 1750. The largest absolute Gasteiger partial charge is 0.694 e. The van der Waals surface area contributed by atoms with Crippen molar-refractivity contribution in [1.29, 1.82) is 0 Å². The molecule has 0 aromatic carbocycles. The van der Waals surface area contributed by atoms with Gasteiger partial charge in [-0.3, -0.25) is 14.3 Å². The van der Waals surface area contributed by atoms with Crippen LogP contribution in [0, 0.1) is 0 Å². The second-order valence-corrected chi connectivity index (χ2v) is 13.1. The summed E-state index contributed by atoms with van der Waals surface area (Å²) < 4.78 is 42.8. The molecule has 4 aromatic rings. The quantitative estimate of drug-likeness (QED) is 0.151. The summed E-state index contributed by atoms with van der Waals surface area (Å²) >= 11 is 5.31. The molecular weight excluding hydrogens is 616 g/mol. The first-order valence-corrected chi connectivity index (χ1v) is 16.3. The molecule has 224 valence electrons. The van der Waals surface area contributed by atoms with Gasteiger partial charge in [0.25, 0.3) is 5.56 Å². The van der Waals surface area contributed by atoms with Crippen molar-refractivity contribution in [3.8, 4) is 0 Å². The number of anilines is 2. The summed E-state index contributed by atoms with van der Waals surface area (Å²) in [5, 5.41) is 0.719. The van der Waals surface area contributed by atoms with E-state index in [4.69, 9.17) is 51.2 Å². The molecule has 2 aliphatic rings. The lowest BCUT2D eigenvalue weighted by atomic mass is 10.2. The fraction of sp³-hybridized carbons (Fsp3) is 0.476. The number of fused-ring (bicyclic) bond motifs is 2. The Labute approximate surface area is 242 Å². The zero-order valence-corrected chi connectivity index (χ0v) is 24.2. The SMILES string of the molecule is Nc1nc2c(ncn2[C@@H]2O[C@H](CO[P+](=O)O)C[C@H]2OP(O)(=S)OCC2CC[C@H](n3ccc4c(N)ncnc43)O2)c(=O)[nH]1. The third-order valence-corrected chi connectivity index (χ3v) is 8.83. The molecule has 2 saturated heterocycles. The fourth-order valence-electron chi connectivity index (χ4n) is 5.05. The van der Waals surface area contributed by atoms with Gasteiger partial charge in [-0.05, 0) is 30.7 Å². The van der Waals surface area contributed by atoms with Crippen LogP contribution in [0.1, 0.15) is 31.7 Å². The van der Waals surface area contributed by atoms with Crippen LogP contribution in [0.4, 0.5) is 11.8 Å². The van der Waals surface area contributed by atoms with Crippen molar-refractivity contribution in [2.75, 3.05) is 24.7 Å². The number of imidazole rings is 1. The highest BCUT2D eigenvalue weighted by Gasteiger charge is 2.43. The first-order chi connectivity index (χ1) is 20.1. The van der Waals surface area contributed by atoms with Crippen molar-refractivity contribution in [3.63, 3.8) is 0 Å². The lowest BCUT2D eigenvalue weighted by Crippen LogP contribution is -2.23. The predicted octanol–water partition coefficient (Wildman–Crippen LogP) is 0.979. The molecule has 21 heteroatoms. The lowest BCUT2D eigenvalue weighted by Gasteiger charge is -2.25. The number of rotatable bonds is 10. The van der Waals surface area contributed by atoms with Gasteiger partial charge in [0.05, 0.1) is 30.5 Å². The van der Waals surface area contributed by atoms with E-state index in [1.54, 1.807) is 0 Å². The van der Waals surface area contributed by atoms with Crippen LogP contribution in [0.15, 0.2) is 29.7 Å². The number of hydrogen-bond donors (Lipinski definition) is 5. The molecule has 6 rings (SSSR count). The Kier molecular flexibility index (Phi) is 8.05. The molecule has 18 nitrogen and oxygen atoms in total. The summed E-state index contributed by atoms with van der Waals surface area (Å²) in [6.45, 7) is -4.16. The van der Waals surface area contributed by atoms with Crippen molar-refractivity contribution in [1.82, 2.24) is 34.1 Å². The highest BCUT2D eigenvalue weighted by atomic mass is 32.5. The van der Waals surface area contributed by atoms with Crippen LogP contribution in [0.2, 0.25) is 0 Å². The number of aromatic nitrogens is 7. The Hall–Kier alpha value is -2.96. The molecule has 4 aromatic heterocycles. The monoisotopic (exact) mass is 642 g/mol. The minimum absolute atomic E-state index is 0.00178. The van der Waals surface area contributed by atoms with Gasteiger partial charge in [-0.15, -0.1) is 9.42 Å². The van der Waals surface area contributed by atoms with Crippen molar-refractivity contribution >= 4 is 60.7 Å². The highest BCUT2D eigenvalue weighted by molar-refractivity contribution is 8.07. The Balaban J connectivity index is 1.14. The van der Waals surface area contributed by atoms with Gasteiger partial charge >= 0.3 is 15.0 Å². The number of ether oxygens (including phenoxy) is 2. The number of nitrogens with two attached hydrogens (primary N) is 2. The molecule has 0 amide bonds. The van der Waals surface area contributed by atoms with Crippen LogP contribution < -0.4 is 17.0 Å². The Morgan fingerprint density at radius 1 is 1.17 bits per heavy atom. The van der Waals surface area contributed by atoms with Crippen LogP contribution in [0.5, 0.6) is 0 Å². The number of nitrogen functional groups attached to an aromatic ring is 2. The highest BCUT2D eigenvalue weighted by Crippen LogP contribution is 2.50. The molecule has 0 saturated carbocycles. The molecule has 42 heavy (non-hydrogen) atoms. The van der Waals surface area contributed by atoms with E-state index >= 15 is 0 Å². The van der Waals surface area contributed by atoms with E-state index in [1.165, 1.54) is 17.2 Å². The second kappa shape index (κ2) is 11.6. The maximum atomic E-state index is 12.3. The smallest absolute Gasteiger partial charge is 0.383 e. The maximum absolute atomic E-state index is 12.3. The van der Waals surface area contributed by atoms with Crippen LogP contribution >= 0.6 is 15.0 Å². The van der Waals surface area contributed by atoms with Gasteiger partial charge in [-0.25, -0.2) is 15.0 Å². The van der Waals surface area contributed by atoms with E-state index < -0.39 is 39.0 Å². The van der Waals surface area contributed by atoms with E-state index in [2.05, 4.69) is 24.9 Å². The second-order valence-electron chi connectivity index (χ2n) is 9.61. The molecule has 0 spiro atoms.